The molecular weight excluding hydrogens is 256 g/mol. The highest BCUT2D eigenvalue weighted by Crippen LogP contribution is 2.29. The van der Waals surface area contributed by atoms with Gasteiger partial charge in [-0.15, -0.1) is 0 Å². The molecule has 0 saturated carbocycles. The smallest absolute Gasteiger partial charge is 0.204 e. The van der Waals surface area contributed by atoms with Crippen LogP contribution in [0.2, 0.25) is 0 Å². The summed E-state index contributed by atoms with van der Waals surface area (Å²) in [7, 11) is 0. The van der Waals surface area contributed by atoms with Gasteiger partial charge in [0, 0.05) is 12.1 Å². The molecule has 2 N–H and O–H groups in total. The SMILES string of the molecule is Cc1ccc(-c2coc3cc(O)cc(O)c3c2=O)cc1. The second kappa shape index (κ2) is 4.42. The Morgan fingerprint density at radius 3 is 2.45 bits per heavy atom. The molecule has 0 fully saturated rings. The average Bonchev–Trinajstić information content (AvgIpc) is 2.39. The molecule has 0 spiro atoms. The number of aryl methyl sites for hydroxylation is 1. The lowest BCUT2D eigenvalue weighted by Crippen LogP contribution is -2.05. The molecule has 0 radical (unpaired) electrons. The number of hydrogen-bond donors (Lipinski definition) is 2. The van der Waals surface area contributed by atoms with Crippen LogP contribution in [0.5, 0.6) is 11.5 Å². The molecule has 0 aliphatic heterocycles. The van der Waals surface area contributed by atoms with Crippen molar-refractivity contribution in [2.75, 3.05) is 0 Å². The molecule has 0 saturated heterocycles. The Morgan fingerprint density at radius 1 is 1.05 bits per heavy atom. The van der Waals surface area contributed by atoms with Crippen LogP contribution >= 0.6 is 0 Å². The van der Waals surface area contributed by atoms with E-state index in [-0.39, 0.29) is 27.9 Å². The van der Waals surface area contributed by atoms with E-state index in [2.05, 4.69) is 0 Å². The molecule has 0 amide bonds. The molecule has 1 heterocycles. The van der Waals surface area contributed by atoms with Gasteiger partial charge in [-0.3, -0.25) is 4.79 Å². The fourth-order valence-corrected chi connectivity index (χ4v) is 2.15. The summed E-state index contributed by atoms with van der Waals surface area (Å²) in [6.45, 7) is 1.96. The van der Waals surface area contributed by atoms with Crippen molar-refractivity contribution in [2.24, 2.45) is 0 Å². The predicted octanol–water partition coefficient (Wildman–Crippen LogP) is 3.18. The summed E-state index contributed by atoms with van der Waals surface area (Å²) in [6, 6.07) is 9.87. The van der Waals surface area contributed by atoms with Gasteiger partial charge in [-0.1, -0.05) is 29.8 Å². The van der Waals surface area contributed by atoms with E-state index in [0.717, 1.165) is 17.2 Å². The Morgan fingerprint density at radius 2 is 1.75 bits per heavy atom. The second-order valence-electron chi connectivity index (χ2n) is 4.68. The lowest BCUT2D eigenvalue weighted by molar-refractivity contribution is 0.452. The fraction of sp³-hybridized carbons (Fsp3) is 0.0625. The van der Waals surface area contributed by atoms with E-state index in [1.165, 1.54) is 12.3 Å². The first-order chi connectivity index (χ1) is 9.56. The van der Waals surface area contributed by atoms with Gasteiger partial charge in [-0.2, -0.15) is 0 Å². The van der Waals surface area contributed by atoms with E-state index in [4.69, 9.17) is 4.42 Å². The van der Waals surface area contributed by atoms with Crippen molar-refractivity contribution >= 4 is 11.0 Å². The maximum atomic E-state index is 12.4. The lowest BCUT2D eigenvalue weighted by atomic mass is 10.0. The first kappa shape index (κ1) is 12.3. The number of aromatic hydroxyl groups is 2. The Kier molecular flexibility index (Phi) is 2.71. The van der Waals surface area contributed by atoms with Crippen molar-refractivity contribution in [2.45, 2.75) is 6.92 Å². The van der Waals surface area contributed by atoms with E-state index in [1.54, 1.807) is 0 Å². The van der Waals surface area contributed by atoms with Gasteiger partial charge in [0.2, 0.25) is 5.43 Å². The molecule has 0 aliphatic rings. The normalized spacial score (nSPS) is 10.8. The molecule has 0 aliphatic carbocycles. The van der Waals surface area contributed by atoms with Gasteiger partial charge >= 0.3 is 0 Å². The van der Waals surface area contributed by atoms with E-state index in [1.807, 2.05) is 31.2 Å². The second-order valence-corrected chi connectivity index (χ2v) is 4.68. The third-order valence-corrected chi connectivity index (χ3v) is 3.20. The van der Waals surface area contributed by atoms with Crippen LogP contribution in [0.25, 0.3) is 22.1 Å². The third kappa shape index (κ3) is 1.91. The molecule has 0 unspecified atom stereocenters. The molecule has 4 nitrogen and oxygen atoms in total. The molecule has 20 heavy (non-hydrogen) atoms. The zero-order valence-corrected chi connectivity index (χ0v) is 10.8. The van der Waals surface area contributed by atoms with Gasteiger partial charge in [-0.05, 0) is 12.5 Å². The quantitative estimate of drug-likeness (QED) is 0.711. The predicted molar refractivity (Wildman–Crippen MR) is 76.0 cm³/mol. The Labute approximate surface area is 114 Å². The third-order valence-electron chi connectivity index (χ3n) is 3.20. The first-order valence-electron chi connectivity index (χ1n) is 6.11. The Bertz CT molecular complexity index is 845. The summed E-state index contributed by atoms with van der Waals surface area (Å²) < 4.78 is 5.35. The van der Waals surface area contributed by atoms with Crippen LogP contribution in [-0.2, 0) is 0 Å². The zero-order chi connectivity index (χ0) is 14.3. The van der Waals surface area contributed by atoms with E-state index >= 15 is 0 Å². The van der Waals surface area contributed by atoms with E-state index in [9.17, 15) is 15.0 Å². The number of hydrogen-bond acceptors (Lipinski definition) is 4. The van der Waals surface area contributed by atoms with Crippen molar-refractivity contribution in [3.8, 4) is 22.6 Å². The molecule has 3 aromatic rings. The summed E-state index contributed by atoms with van der Waals surface area (Å²) in [6.07, 6.45) is 1.34. The first-order valence-corrected chi connectivity index (χ1v) is 6.11. The summed E-state index contributed by atoms with van der Waals surface area (Å²) >= 11 is 0. The van der Waals surface area contributed by atoms with Crippen LogP contribution in [0.15, 0.2) is 51.9 Å². The van der Waals surface area contributed by atoms with Gasteiger partial charge in [-0.25, -0.2) is 0 Å². The van der Waals surface area contributed by atoms with E-state index < -0.39 is 0 Å². The molecule has 4 heteroatoms. The topological polar surface area (TPSA) is 70.7 Å². The highest BCUT2D eigenvalue weighted by molar-refractivity contribution is 5.87. The van der Waals surface area contributed by atoms with Crippen molar-refractivity contribution in [3.05, 3.63) is 58.4 Å². The standard InChI is InChI=1S/C16H12O4/c1-9-2-4-10(5-3-9)12-8-20-14-7-11(17)6-13(18)15(14)16(12)19/h2-8,17-18H,1H3. The minimum Gasteiger partial charge on any atom is -0.508 e. The van der Waals surface area contributed by atoms with Crippen LogP contribution in [0.4, 0.5) is 0 Å². The Hall–Kier alpha value is -2.75. The highest BCUT2D eigenvalue weighted by atomic mass is 16.3. The van der Waals surface area contributed by atoms with Crippen LogP contribution < -0.4 is 5.43 Å². The summed E-state index contributed by atoms with van der Waals surface area (Å²) in [5.74, 6) is -0.441. The minimum atomic E-state index is -0.326. The highest BCUT2D eigenvalue weighted by Gasteiger charge is 2.13. The number of rotatable bonds is 1. The maximum Gasteiger partial charge on any atom is 0.204 e. The minimum absolute atomic E-state index is 0.0703. The van der Waals surface area contributed by atoms with Crippen molar-refractivity contribution in [1.82, 2.24) is 0 Å². The van der Waals surface area contributed by atoms with Gasteiger partial charge in [0.25, 0.3) is 0 Å². The molecule has 100 valence electrons. The molecule has 0 bridgehead atoms. The Balaban J connectivity index is 2.31. The summed E-state index contributed by atoms with van der Waals surface area (Å²) in [5.41, 5.74) is 2.01. The van der Waals surface area contributed by atoms with Crippen LogP contribution in [0.1, 0.15) is 5.56 Å². The van der Waals surface area contributed by atoms with Crippen molar-refractivity contribution < 1.29 is 14.6 Å². The van der Waals surface area contributed by atoms with Crippen molar-refractivity contribution in [3.63, 3.8) is 0 Å². The average molecular weight is 268 g/mol. The van der Waals surface area contributed by atoms with Gasteiger partial charge < -0.3 is 14.6 Å². The lowest BCUT2D eigenvalue weighted by Gasteiger charge is -2.05. The molecule has 0 atom stereocenters. The van der Waals surface area contributed by atoms with Gasteiger partial charge in [0.15, 0.2) is 0 Å². The van der Waals surface area contributed by atoms with Crippen LogP contribution in [-0.4, -0.2) is 10.2 Å². The summed E-state index contributed by atoms with van der Waals surface area (Å²) in [4.78, 5) is 12.4. The molecular formula is C16H12O4. The number of fused-ring (bicyclic) bond motifs is 1. The van der Waals surface area contributed by atoms with Gasteiger partial charge in [0.1, 0.15) is 28.7 Å². The summed E-state index contributed by atoms with van der Waals surface area (Å²) in [5, 5.41) is 19.3. The molecule has 3 rings (SSSR count). The van der Waals surface area contributed by atoms with Crippen LogP contribution in [0, 0.1) is 6.92 Å². The van der Waals surface area contributed by atoms with E-state index in [0.29, 0.717) is 5.56 Å². The monoisotopic (exact) mass is 268 g/mol. The maximum absolute atomic E-state index is 12.4. The fourth-order valence-electron chi connectivity index (χ4n) is 2.15. The molecule has 1 aromatic heterocycles. The largest absolute Gasteiger partial charge is 0.508 e. The van der Waals surface area contributed by atoms with Crippen molar-refractivity contribution in [1.29, 1.82) is 0 Å². The van der Waals surface area contributed by atoms with Crippen LogP contribution in [0.3, 0.4) is 0 Å². The number of benzene rings is 2. The van der Waals surface area contributed by atoms with Gasteiger partial charge in [0.05, 0.1) is 5.56 Å². The number of phenols is 2. The molecule has 2 aromatic carbocycles. The zero-order valence-electron chi connectivity index (χ0n) is 10.8. The number of phenolic OH excluding ortho intramolecular Hbond substituents is 2.